The molecule has 0 aliphatic carbocycles. The zero-order valence-corrected chi connectivity index (χ0v) is 15.1. The number of para-hydroxylation sites is 3. The van der Waals surface area contributed by atoms with Crippen LogP contribution in [-0.2, 0) is 4.79 Å². The second-order valence-electron chi connectivity index (χ2n) is 5.28. The van der Waals surface area contributed by atoms with E-state index in [2.05, 4.69) is 20.8 Å². The van der Waals surface area contributed by atoms with Crippen LogP contribution >= 0.6 is 11.8 Å². The molecule has 0 unspecified atom stereocenters. The molecule has 0 bridgehead atoms. The molecule has 0 saturated heterocycles. The summed E-state index contributed by atoms with van der Waals surface area (Å²) in [5.41, 5.74) is 1.56. The van der Waals surface area contributed by atoms with Crippen LogP contribution in [0.5, 0.6) is 5.75 Å². The molecule has 26 heavy (non-hydrogen) atoms. The van der Waals surface area contributed by atoms with Crippen molar-refractivity contribution in [3.05, 3.63) is 54.6 Å². The predicted octanol–water partition coefficient (Wildman–Crippen LogP) is 3.18. The van der Waals surface area contributed by atoms with Gasteiger partial charge >= 0.3 is 0 Å². The number of nitrogens with zero attached hydrogens (tertiary/aromatic N) is 4. The molecule has 8 heteroatoms. The first-order valence-corrected chi connectivity index (χ1v) is 9.24. The van der Waals surface area contributed by atoms with E-state index in [4.69, 9.17) is 4.74 Å². The summed E-state index contributed by atoms with van der Waals surface area (Å²) in [6.45, 7) is 2.46. The highest BCUT2D eigenvalue weighted by molar-refractivity contribution is 7.99. The van der Waals surface area contributed by atoms with Crippen LogP contribution in [0.4, 0.5) is 5.69 Å². The zero-order chi connectivity index (χ0) is 18.2. The van der Waals surface area contributed by atoms with E-state index in [0.29, 0.717) is 35.4 Å². The summed E-state index contributed by atoms with van der Waals surface area (Å²) in [6, 6.07) is 17.0. The van der Waals surface area contributed by atoms with E-state index in [0.717, 1.165) is 5.69 Å². The van der Waals surface area contributed by atoms with Crippen molar-refractivity contribution in [2.24, 2.45) is 0 Å². The Bertz CT molecular complexity index is 854. The maximum absolute atomic E-state index is 12.2. The molecule has 1 amide bonds. The fraction of sp³-hybridized carbons (Fsp3) is 0.222. The molecule has 0 fully saturated rings. The Morgan fingerprint density at radius 3 is 2.73 bits per heavy atom. The lowest BCUT2D eigenvalue weighted by molar-refractivity contribution is -0.115. The number of hydrogen-bond acceptors (Lipinski definition) is 6. The number of tetrazole rings is 1. The van der Waals surface area contributed by atoms with Crippen molar-refractivity contribution in [2.75, 3.05) is 17.7 Å². The first kappa shape index (κ1) is 17.9. The minimum atomic E-state index is -0.0802. The molecule has 2 aromatic carbocycles. The molecule has 0 atom stereocenters. The van der Waals surface area contributed by atoms with E-state index in [1.54, 1.807) is 4.68 Å². The van der Waals surface area contributed by atoms with Gasteiger partial charge in [0.15, 0.2) is 0 Å². The van der Waals surface area contributed by atoms with Gasteiger partial charge in [-0.05, 0) is 41.6 Å². The summed E-state index contributed by atoms with van der Waals surface area (Å²) in [4.78, 5) is 12.2. The van der Waals surface area contributed by atoms with Crippen LogP contribution in [0, 0.1) is 0 Å². The van der Waals surface area contributed by atoms with E-state index in [9.17, 15) is 4.79 Å². The molecule has 1 heterocycles. The van der Waals surface area contributed by atoms with Gasteiger partial charge in [-0.15, -0.1) is 5.10 Å². The Hall–Kier alpha value is -2.87. The van der Waals surface area contributed by atoms with Crippen LogP contribution in [0.25, 0.3) is 5.69 Å². The number of benzene rings is 2. The lowest BCUT2D eigenvalue weighted by atomic mass is 10.3. The third kappa shape index (κ3) is 4.60. The minimum Gasteiger partial charge on any atom is -0.492 e. The third-order valence-electron chi connectivity index (χ3n) is 3.46. The Balaban J connectivity index is 1.55. The maximum Gasteiger partial charge on any atom is 0.225 e. The van der Waals surface area contributed by atoms with Crippen LogP contribution in [0.15, 0.2) is 59.8 Å². The summed E-state index contributed by atoms with van der Waals surface area (Å²) >= 11 is 1.44. The average Bonchev–Trinajstić information content (AvgIpc) is 3.13. The molecule has 0 aliphatic heterocycles. The molecule has 134 valence electrons. The van der Waals surface area contributed by atoms with Gasteiger partial charge in [0.25, 0.3) is 0 Å². The fourth-order valence-corrected chi connectivity index (χ4v) is 3.13. The number of rotatable bonds is 8. The maximum atomic E-state index is 12.2. The van der Waals surface area contributed by atoms with Crippen molar-refractivity contribution in [2.45, 2.75) is 18.5 Å². The van der Waals surface area contributed by atoms with E-state index in [1.165, 1.54) is 11.8 Å². The van der Waals surface area contributed by atoms with Crippen LogP contribution < -0.4 is 10.1 Å². The monoisotopic (exact) mass is 369 g/mol. The molecule has 0 aliphatic rings. The number of carbonyl (C=O) groups is 1. The van der Waals surface area contributed by atoms with Crippen molar-refractivity contribution in [3.63, 3.8) is 0 Å². The number of hydrogen-bond donors (Lipinski definition) is 1. The van der Waals surface area contributed by atoms with Gasteiger partial charge < -0.3 is 10.1 Å². The van der Waals surface area contributed by atoms with Crippen LogP contribution in [-0.4, -0.2) is 38.5 Å². The second-order valence-corrected chi connectivity index (χ2v) is 6.35. The minimum absolute atomic E-state index is 0.0802. The topological polar surface area (TPSA) is 81.9 Å². The van der Waals surface area contributed by atoms with Crippen molar-refractivity contribution in [1.29, 1.82) is 0 Å². The Labute approximate surface area is 155 Å². The number of aromatic nitrogens is 4. The predicted molar refractivity (Wildman–Crippen MR) is 101 cm³/mol. The summed E-state index contributed by atoms with van der Waals surface area (Å²) < 4.78 is 7.18. The van der Waals surface area contributed by atoms with E-state index >= 15 is 0 Å². The van der Waals surface area contributed by atoms with Gasteiger partial charge in [-0.3, -0.25) is 4.79 Å². The largest absolute Gasteiger partial charge is 0.492 e. The molecular weight excluding hydrogens is 350 g/mol. The molecule has 7 nitrogen and oxygen atoms in total. The van der Waals surface area contributed by atoms with Crippen LogP contribution in [0.1, 0.15) is 13.3 Å². The van der Waals surface area contributed by atoms with Gasteiger partial charge in [0.05, 0.1) is 18.0 Å². The standard InChI is InChI=1S/C18H19N5O2S/c1-2-25-16-11-7-6-10-15(16)19-17(24)12-13-26-18-20-21-22-23(18)14-8-4-3-5-9-14/h3-11H,2,12-13H2,1H3,(H,19,24). The van der Waals surface area contributed by atoms with Crippen molar-refractivity contribution >= 4 is 23.4 Å². The average molecular weight is 369 g/mol. The van der Waals surface area contributed by atoms with Crippen molar-refractivity contribution < 1.29 is 9.53 Å². The second kappa shape index (κ2) is 9.00. The number of thioether (sulfide) groups is 1. The first-order valence-electron chi connectivity index (χ1n) is 8.26. The number of nitrogens with one attached hydrogen (secondary N) is 1. The third-order valence-corrected chi connectivity index (χ3v) is 4.38. The molecule has 0 radical (unpaired) electrons. The number of carbonyl (C=O) groups excluding carboxylic acids is 1. The lowest BCUT2D eigenvalue weighted by Crippen LogP contribution is -2.13. The summed E-state index contributed by atoms with van der Waals surface area (Å²) in [5.74, 6) is 1.16. The van der Waals surface area contributed by atoms with E-state index < -0.39 is 0 Å². The molecule has 3 rings (SSSR count). The van der Waals surface area contributed by atoms with Gasteiger partial charge in [-0.1, -0.05) is 42.1 Å². The van der Waals surface area contributed by atoms with E-state index in [-0.39, 0.29) is 5.91 Å². The molecule has 1 N–H and O–H groups in total. The summed E-state index contributed by atoms with van der Waals surface area (Å²) in [5, 5.41) is 15.3. The van der Waals surface area contributed by atoms with Crippen molar-refractivity contribution in [1.82, 2.24) is 20.2 Å². The SMILES string of the molecule is CCOc1ccccc1NC(=O)CCSc1nnnn1-c1ccccc1. The van der Waals surface area contributed by atoms with Gasteiger partial charge in [0.2, 0.25) is 11.1 Å². The Kier molecular flexibility index (Phi) is 6.21. The Morgan fingerprint density at radius 2 is 1.92 bits per heavy atom. The summed E-state index contributed by atoms with van der Waals surface area (Å²) in [7, 11) is 0. The van der Waals surface area contributed by atoms with E-state index in [1.807, 2.05) is 61.5 Å². The molecular formula is C18H19N5O2S. The fourth-order valence-electron chi connectivity index (χ4n) is 2.30. The van der Waals surface area contributed by atoms with Crippen molar-refractivity contribution in [3.8, 4) is 11.4 Å². The smallest absolute Gasteiger partial charge is 0.225 e. The Morgan fingerprint density at radius 1 is 1.15 bits per heavy atom. The van der Waals surface area contributed by atoms with Crippen LogP contribution in [0.3, 0.4) is 0 Å². The highest BCUT2D eigenvalue weighted by Gasteiger charge is 2.11. The summed E-state index contributed by atoms with van der Waals surface area (Å²) in [6.07, 6.45) is 0.340. The normalized spacial score (nSPS) is 10.5. The van der Waals surface area contributed by atoms with Gasteiger partial charge in [-0.2, -0.15) is 4.68 Å². The highest BCUT2D eigenvalue weighted by atomic mass is 32.2. The number of anilines is 1. The van der Waals surface area contributed by atoms with Gasteiger partial charge in [0.1, 0.15) is 5.75 Å². The number of amides is 1. The molecule has 0 saturated carbocycles. The molecule has 3 aromatic rings. The lowest BCUT2D eigenvalue weighted by Gasteiger charge is -2.11. The zero-order valence-electron chi connectivity index (χ0n) is 14.3. The van der Waals surface area contributed by atoms with Gasteiger partial charge in [-0.25, -0.2) is 0 Å². The first-order chi connectivity index (χ1) is 12.8. The number of ether oxygens (including phenoxy) is 1. The van der Waals surface area contributed by atoms with Crippen LogP contribution in [0.2, 0.25) is 0 Å². The van der Waals surface area contributed by atoms with Gasteiger partial charge in [0, 0.05) is 12.2 Å². The highest BCUT2D eigenvalue weighted by Crippen LogP contribution is 2.24. The molecule has 1 aromatic heterocycles. The molecule has 0 spiro atoms. The quantitative estimate of drug-likeness (QED) is 0.614.